The number of hydrogen-bond donors (Lipinski definition) is 3. The van der Waals surface area contributed by atoms with Gasteiger partial charge in [0.25, 0.3) is 0 Å². The van der Waals surface area contributed by atoms with Crippen LogP contribution in [0.3, 0.4) is 0 Å². The Hall–Kier alpha value is -2.07. The molecule has 5 rings (SSSR count). The number of thioether (sulfide) groups is 1. The molecule has 3 saturated heterocycles. The summed E-state index contributed by atoms with van der Waals surface area (Å²) < 4.78 is -0.812. The molecule has 39 heavy (non-hydrogen) atoms. The van der Waals surface area contributed by atoms with E-state index in [1.165, 1.54) is 0 Å². The summed E-state index contributed by atoms with van der Waals surface area (Å²) in [5, 5.41) is 16.9. The van der Waals surface area contributed by atoms with Crippen molar-refractivity contribution in [1.29, 1.82) is 0 Å². The van der Waals surface area contributed by atoms with Gasteiger partial charge in [-0.1, -0.05) is 76.9 Å². The highest BCUT2D eigenvalue weighted by molar-refractivity contribution is 9.09. The van der Waals surface area contributed by atoms with Gasteiger partial charge in [-0.05, 0) is 43.4 Å². The second kappa shape index (κ2) is 11.4. The average Bonchev–Trinajstić information content (AvgIpc) is 3.52. The van der Waals surface area contributed by atoms with Crippen molar-refractivity contribution in [2.45, 2.75) is 60.0 Å². The van der Waals surface area contributed by atoms with Gasteiger partial charge in [-0.25, -0.2) is 0 Å². The van der Waals surface area contributed by atoms with E-state index < -0.39 is 28.7 Å². The second-order valence-electron chi connectivity index (χ2n) is 10.6. The molecule has 3 N–H and O–H groups in total. The van der Waals surface area contributed by atoms with E-state index in [-0.39, 0.29) is 34.4 Å². The molecule has 2 aromatic carbocycles. The van der Waals surface area contributed by atoms with Gasteiger partial charge in [-0.2, -0.15) is 0 Å². The normalized spacial score (nSPS) is 29.8. The number of amides is 3. The largest absolute Gasteiger partial charge is 0.394 e. The smallest absolute Gasteiger partial charge is 0.248 e. The van der Waals surface area contributed by atoms with Crippen LogP contribution in [0.2, 0.25) is 5.02 Å². The van der Waals surface area contributed by atoms with Gasteiger partial charge in [0, 0.05) is 16.6 Å². The molecule has 3 aliphatic rings. The number of rotatable bonds is 9. The number of halogens is 2. The Morgan fingerprint density at radius 2 is 1.95 bits per heavy atom. The second-order valence-corrected chi connectivity index (χ2v) is 13.8. The Morgan fingerprint density at radius 3 is 2.62 bits per heavy atom. The van der Waals surface area contributed by atoms with E-state index >= 15 is 0 Å². The lowest BCUT2D eigenvalue weighted by Crippen LogP contribution is -2.56. The van der Waals surface area contributed by atoms with Crippen LogP contribution in [0.1, 0.15) is 30.9 Å². The van der Waals surface area contributed by atoms with Gasteiger partial charge >= 0.3 is 0 Å². The van der Waals surface area contributed by atoms with E-state index in [0.717, 1.165) is 17.5 Å². The maximum atomic E-state index is 14.4. The Balaban J connectivity index is 1.57. The summed E-state index contributed by atoms with van der Waals surface area (Å²) in [5.41, 5.74) is 2.26. The van der Waals surface area contributed by atoms with Crippen molar-refractivity contribution in [2.24, 2.45) is 11.8 Å². The fourth-order valence-electron chi connectivity index (χ4n) is 6.54. The van der Waals surface area contributed by atoms with E-state index in [1.807, 2.05) is 56.3 Å². The molecular formula is C29H33BrClN3O4S. The predicted molar refractivity (Wildman–Crippen MR) is 158 cm³/mol. The number of hydrogen-bond acceptors (Lipinski definition) is 5. The minimum atomic E-state index is -0.884. The summed E-state index contributed by atoms with van der Waals surface area (Å²) in [5.74, 6) is -1.97. The molecule has 3 unspecified atom stereocenters. The Labute approximate surface area is 246 Å². The van der Waals surface area contributed by atoms with E-state index in [0.29, 0.717) is 30.1 Å². The lowest BCUT2D eigenvalue weighted by Gasteiger charge is -2.37. The van der Waals surface area contributed by atoms with Crippen molar-refractivity contribution < 1.29 is 19.5 Å². The van der Waals surface area contributed by atoms with Crippen LogP contribution in [0.4, 0.5) is 5.69 Å². The Bertz CT molecular complexity index is 1250. The number of nitrogens with zero attached hydrogens (tertiary/aromatic N) is 1. The van der Waals surface area contributed by atoms with Crippen LogP contribution in [-0.4, -0.2) is 67.8 Å². The molecular weight excluding hydrogens is 602 g/mol. The molecule has 208 valence electrons. The van der Waals surface area contributed by atoms with Crippen molar-refractivity contribution in [2.75, 3.05) is 18.5 Å². The minimum Gasteiger partial charge on any atom is -0.394 e. The van der Waals surface area contributed by atoms with Gasteiger partial charge in [0.1, 0.15) is 6.04 Å². The third kappa shape index (κ3) is 4.89. The third-order valence-electron chi connectivity index (χ3n) is 8.22. The number of aliphatic hydroxyl groups excluding tert-OH is 1. The zero-order valence-electron chi connectivity index (χ0n) is 21.9. The van der Waals surface area contributed by atoms with Crippen LogP contribution in [0.25, 0.3) is 0 Å². The van der Waals surface area contributed by atoms with Crippen molar-refractivity contribution in [3.63, 3.8) is 0 Å². The zero-order valence-corrected chi connectivity index (χ0v) is 25.1. The molecule has 0 radical (unpaired) electrons. The highest BCUT2D eigenvalue weighted by Crippen LogP contribution is 2.68. The summed E-state index contributed by atoms with van der Waals surface area (Å²) in [7, 11) is 0. The summed E-state index contributed by atoms with van der Waals surface area (Å²) in [6, 6.07) is 13.5. The summed E-state index contributed by atoms with van der Waals surface area (Å²) in [4.78, 5) is 43.6. The van der Waals surface area contributed by atoms with Crippen LogP contribution >= 0.6 is 39.3 Å². The van der Waals surface area contributed by atoms with Gasteiger partial charge in [0.2, 0.25) is 17.7 Å². The molecule has 10 heteroatoms. The number of anilines is 1. The molecule has 2 bridgehead atoms. The average molecular weight is 635 g/mol. The number of carbonyl (C=O) groups is 3. The highest BCUT2D eigenvalue weighted by atomic mass is 79.9. The first-order chi connectivity index (χ1) is 18.7. The topological polar surface area (TPSA) is 98.7 Å². The van der Waals surface area contributed by atoms with Gasteiger partial charge in [-0.15, -0.1) is 11.8 Å². The number of para-hydroxylation sites is 1. The molecule has 2 aromatic rings. The van der Waals surface area contributed by atoms with Gasteiger partial charge < -0.3 is 20.6 Å². The highest BCUT2D eigenvalue weighted by Gasteiger charge is 2.76. The molecule has 3 aliphatic heterocycles. The van der Waals surface area contributed by atoms with E-state index in [2.05, 4.69) is 26.6 Å². The lowest BCUT2D eigenvalue weighted by atomic mass is 9.70. The first-order valence-electron chi connectivity index (χ1n) is 13.4. The molecule has 3 heterocycles. The first kappa shape index (κ1) is 28.5. The van der Waals surface area contributed by atoms with Crippen molar-refractivity contribution >= 4 is 62.7 Å². The monoisotopic (exact) mass is 633 g/mol. The molecule has 0 aliphatic carbocycles. The van der Waals surface area contributed by atoms with E-state index in [4.69, 9.17) is 11.6 Å². The number of nitrogens with one attached hydrogen (secondary N) is 2. The Kier molecular flexibility index (Phi) is 8.34. The Morgan fingerprint density at radius 1 is 1.21 bits per heavy atom. The standard InChI is InChI=1S/C29H33BrClN3O4S/c1-3-12-32-26(36)21-22-28(38)34(18(15-35)13-17-9-5-4-6-10-17)25(29(22)14-19(30)24(21)39-29)27(37)33-23-16(2)8-7-11-20(23)31/h4-11,18-19,21-22,24-25,35H,3,12-15H2,1-2H3,(H,32,36)(H,33,37)/t18-,19?,21+,22+,24+,25?,29?/m1/s1. The number of fused-ring (bicyclic) bond motifs is 1. The SMILES string of the molecule is CCCNC(=O)[C@H]1[C@H]2C(=O)N([C@@H](CO)Cc3ccccc3)C(C(=O)Nc3c(C)cccc3Cl)C23CC(Br)[C@@H]1S3. The van der Waals surface area contributed by atoms with Crippen molar-refractivity contribution in [1.82, 2.24) is 10.2 Å². The summed E-state index contributed by atoms with van der Waals surface area (Å²) in [6.07, 6.45) is 1.74. The molecule has 7 atom stereocenters. The van der Waals surface area contributed by atoms with E-state index in [9.17, 15) is 19.5 Å². The molecule has 0 saturated carbocycles. The maximum Gasteiger partial charge on any atom is 0.248 e. The fourth-order valence-corrected chi connectivity index (χ4v) is 10.4. The van der Waals surface area contributed by atoms with Gasteiger partial charge in [-0.3, -0.25) is 14.4 Å². The first-order valence-corrected chi connectivity index (χ1v) is 15.5. The molecule has 3 fully saturated rings. The summed E-state index contributed by atoms with van der Waals surface area (Å²) >= 11 is 11.8. The van der Waals surface area contributed by atoms with Crippen molar-refractivity contribution in [3.05, 3.63) is 64.7 Å². The molecule has 1 spiro atoms. The van der Waals surface area contributed by atoms with Crippen molar-refractivity contribution in [3.8, 4) is 0 Å². The molecule has 3 amide bonds. The predicted octanol–water partition coefficient (Wildman–Crippen LogP) is 4.18. The number of aryl methyl sites for hydroxylation is 1. The number of benzene rings is 2. The van der Waals surface area contributed by atoms with E-state index in [1.54, 1.807) is 22.7 Å². The number of carbonyl (C=O) groups excluding carboxylic acids is 3. The molecule has 7 nitrogen and oxygen atoms in total. The zero-order chi connectivity index (χ0) is 27.9. The van der Waals surface area contributed by atoms with Gasteiger partial charge in [0.05, 0.1) is 39.9 Å². The molecule has 0 aromatic heterocycles. The van der Waals surface area contributed by atoms with Crippen LogP contribution in [-0.2, 0) is 20.8 Å². The maximum absolute atomic E-state index is 14.4. The minimum absolute atomic E-state index is 0.0251. The van der Waals surface area contributed by atoms with Crippen LogP contribution < -0.4 is 10.6 Å². The fraction of sp³-hybridized carbons (Fsp3) is 0.483. The number of likely N-dealkylation sites (tertiary alicyclic amines) is 1. The summed E-state index contributed by atoms with van der Waals surface area (Å²) in [6.45, 7) is 4.07. The van der Waals surface area contributed by atoms with Gasteiger partial charge in [0.15, 0.2) is 0 Å². The third-order valence-corrected chi connectivity index (χ3v) is 11.8. The quantitative estimate of drug-likeness (QED) is 0.360. The van der Waals surface area contributed by atoms with Crippen LogP contribution in [0.15, 0.2) is 48.5 Å². The number of alkyl halides is 1. The van der Waals surface area contributed by atoms with Crippen LogP contribution in [0, 0.1) is 18.8 Å². The number of aliphatic hydroxyl groups is 1. The van der Waals surface area contributed by atoms with Crippen LogP contribution in [0.5, 0.6) is 0 Å². The lowest BCUT2D eigenvalue weighted by molar-refractivity contribution is -0.142.